The van der Waals surface area contributed by atoms with Crippen molar-refractivity contribution in [2.24, 2.45) is 0 Å². The van der Waals surface area contributed by atoms with Crippen LogP contribution >= 0.6 is 28.4 Å². The van der Waals surface area contributed by atoms with E-state index in [9.17, 15) is 4.79 Å². The zero-order valence-electron chi connectivity index (χ0n) is 11.8. The first-order valence-electron chi connectivity index (χ1n) is 6.43. The number of benzene rings is 1. The summed E-state index contributed by atoms with van der Waals surface area (Å²) in [7, 11) is 1.64. The fraction of sp³-hybridized carbons (Fsp3) is 0.286. The molecule has 1 aromatic heterocycles. The maximum absolute atomic E-state index is 12.0. The van der Waals surface area contributed by atoms with Crippen molar-refractivity contribution in [3.05, 3.63) is 47.3 Å². The Hall–Kier alpha value is -1.14. The number of hydrogen-bond acceptors (Lipinski definition) is 4. The lowest BCUT2D eigenvalue weighted by Crippen LogP contribution is -2.08. The second-order valence-corrected chi connectivity index (χ2v) is 6.32. The second kappa shape index (κ2) is 7.75. The number of carbonyl (C=O) groups excluding carboxylic acids is 1. The van der Waals surface area contributed by atoms with Crippen molar-refractivity contribution >= 4 is 34.4 Å². The zero-order chi connectivity index (χ0) is 15.2. The van der Waals surface area contributed by atoms with Crippen LogP contribution in [0, 0.1) is 0 Å². The summed E-state index contributed by atoms with van der Waals surface area (Å²) in [5.41, 5.74) is 2.25. The van der Waals surface area contributed by atoms with Crippen molar-refractivity contribution in [3.63, 3.8) is 0 Å². The van der Waals surface area contributed by atoms with Gasteiger partial charge in [-0.2, -0.15) is 5.10 Å². The maximum atomic E-state index is 12.0. The minimum Gasteiger partial charge on any atom is -0.496 e. The molecular formula is C14H16IN2O3P. The van der Waals surface area contributed by atoms with Crippen LogP contribution < -0.4 is 4.74 Å². The van der Waals surface area contributed by atoms with E-state index in [4.69, 9.17) is 9.47 Å². The molecule has 0 bridgehead atoms. The first-order chi connectivity index (χ1) is 10.2. The molecule has 0 saturated carbocycles. The molecule has 0 N–H and O–H groups in total. The van der Waals surface area contributed by atoms with Crippen LogP contribution in [0.3, 0.4) is 0 Å². The zero-order valence-corrected chi connectivity index (χ0v) is 15.0. The first-order valence-corrected chi connectivity index (χ1v) is 10.5. The molecule has 21 heavy (non-hydrogen) atoms. The fourth-order valence-corrected chi connectivity index (χ4v) is 3.09. The molecule has 1 heterocycles. The van der Waals surface area contributed by atoms with Gasteiger partial charge in [0.15, 0.2) is 5.69 Å². The molecule has 0 fully saturated rings. The Labute approximate surface area is 138 Å². The summed E-state index contributed by atoms with van der Waals surface area (Å²) in [6.45, 7) is 2.13. The van der Waals surface area contributed by atoms with Gasteiger partial charge in [-0.1, -0.05) is 18.2 Å². The van der Waals surface area contributed by atoms with Crippen LogP contribution in [0.5, 0.6) is 5.75 Å². The topological polar surface area (TPSA) is 53.3 Å². The van der Waals surface area contributed by atoms with E-state index < -0.39 is 0 Å². The van der Waals surface area contributed by atoms with Gasteiger partial charge in [0, 0.05) is 18.2 Å². The molecule has 112 valence electrons. The van der Waals surface area contributed by atoms with Crippen molar-refractivity contribution < 1.29 is 14.3 Å². The number of rotatable bonds is 6. The van der Waals surface area contributed by atoms with Gasteiger partial charge in [0.1, 0.15) is 5.75 Å². The minimum atomic E-state index is -0.379. The predicted molar refractivity (Wildman–Crippen MR) is 91.7 cm³/mol. The number of hydrogen-bond donors (Lipinski definition) is 0. The molecule has 0 saturated heterocycles. The number of carbonyl (C=O) groups is 1. The highest BCUT2D eigenvalue weighted by Gasteiger charge is 2.19. The fourth-order valence-electron chi connectivity index (χ4n) is 2.01. The van der Waals surface area contributed by atoms with E-state index in [0.29, 0.717) is 25.1 Å². The average Bonchev–Trinajstić information content (AvgIpc) is 2.91. The van der Waals surface area contributed by atoms with Crippen molar-refractivity contribution in [2.45, 2.75) is 13.3 Å². The molecule has 0 aliphatic heterocycles. The van der Waals surface area contributed by atoms with Crippen LogP contribution in [0.15, 0.2) is 30.5 Å². The van der Waals surface area contributed by atoms with Crippen LogP contribution in [-0.2, 0) is 11.2 Å². The normalized spacial score (nSPS) is 11.0. The molecule has 7 heteroatoms. The smallest absolute Gasteiger partial charge is 0.359 e. The number of esters is 1. The maximum Gasteiger partial charge on any atom is 0.359 e. The lowest BCUT2D eigenvalue weighted by Gasteiger charge is -2.07. The molecule has 2 aromatic rings. The van der Waals surface area contributed by atoms with E-state index >= 15 is 0 Å². The average molecular weight is 418 g/mol. The number of nitrogens with zero attached hydrogens (tertiary/aromatic N) is 2. The Morgan fingerprint density at radius 1 is 1.38 bits per heavy atom. The van der Waals surface area contributed by atoms with Crippen molar-refractivity contribution in [1.82, 2.24) is 9.55 Å². The number of aromatic nitrogens is 2. The Morgan fingerprint density at radius 2 is 2.14 bits per heavy atom. The van der Waals surface area contributed by atoms with Crippen LogP contribution in [-0.4, -0.2) is 29.2 Å². The van der Waals surface area contributed by atoms with Gasteiger partial charge >= 0.3 is 5.97 Å². The van der Waals surface area contributed by atoms with Gasteiger partial charge in [0.05, 0.1) is 20.1 Å². The summed E-state index contributed by atoms with van der Waals surface area (Å²) in [4.78, 5) is 12.0. The molecule has 1 atom stereocenters. The molecule has 1 unspecified atom stereocenters. The van der Waals surface area contributed by atoms with Crippen molar-refractivity contribution in [1.29, 1.82) is 0 Å². The Balaban J connectivity index is 2.34. The van der Waals surface area contributed by atoms with Gasteiger partial charge < -0.3 is 9.47 Å². The number of halogens is 1. The second-order valence-electron chi connectivity index (χ2n) is 4.24. The monoisotopic (exact) mass is 418 g/mol. The summed E-state index contributed by atoms with van der Waals surface area (Å²) in [5, 5.41) is 4.31. The van der Waals surface area contributed by atoms with Gasteiger partial charge in [0.2, 0.25) is 0 Å². The van der Waals surface area contributed by atoms with Crippen LogP contribution in [0.2, 0.25) is 0 Å². The Morgan fingerprint density at radius 3 is 2.81 bits per heavy atom. The summed E-state index contributed by atoms with van der Waals surface area (Å²) in [6, 6.07) is 7.76. The quantitative estimate of drug-likeness (QED) is 0.410. The molecule has 0 amide bonds. The molecule has 2 rings (SSSR count). The van der Waals surface area contributed by atoms with Crippen LogP contribution in [0.1, 0.15) is 28.5 Å². The SMILES string of the molecule is CCOC(=O)c1nn(PI)cc1Cc1ccccc1OC. The van der Waals surface area contributed by atoms with Crippen LogP contribution in [0.4, 0.5) is 0 Å². The number of methoxy groups -OCH3 is 1. The van der Waals surface area contributed by atoms with Gasteiger partial charge in [0.25, 0.3) is 0 Å². The van der Waals surface area contributed by atoms with Crippen molar-refractivity contribution in [3.8, 4) is 5.75 Å². The van der Waals surface area contributed by atoms with Gasteiger partial charge in [-0.25, -0.2) is 9.25 Å². The molecule has 0 radical (unpaired) electrons. The van der Waals surface area contributed by atoms with Gasteiger partial charge in [-0.05, 0) is 40.6 Å². The largest absolute Gasteiger partial charge is 0.496 e. The summed E-state index contributed by atoms with van der Waals surface area (Å²) >= 11 is 2.22. The summed E-state index contributed by atoms with van der Waals surface area (Å²) < 4.78 is 12.2. The Kier molecular flexibility index (Phi) is 5.99. The summed E-state index contributed by atoms with van der Waals surface area (Å²) in [6.07, 6.45) is 2.91. The lowest BCUT2D eigenvalue weighted by atomic mass is 10.0. The molecule has 0 spiro atoms. The first kappa shape index (κ1) is 16.2. The van der Waals surface area contributed by atoms with Gasteiger partial charge in [-0.3, -0.25) is 0 Å². The third-order valence-electron chi connectivity index (χ3n) is 2.92. The Bertz CT molecular complexity index is 630. The highest BCUT2D eigenvalue weighted by Crippen LogP contribution is 2.27. The molecule has 0 aliphatic rings. The van der Waals surface area contributed by atoms with E-state index in [0.717, 1.165) is 16.9 Å². The predicted octanol–water partition coefficient (Wildman–Crippen LogP) is 3.45. The molecule has 5 nitrogen and oxygen atoms in total. The van der Waals surface area contributed by atoms with E-state index in [1.165, 1.54) is 0 Å². The number of para-hydroxylation sites is 1. The van der Waals surface area contributed by atoms with E-state index in [1.807, 2.05) is 30.5 Å². The molecule has 1 aromatic carbocycles. The number of ether oxygens (including phenoxy) is 2. The van der Waals surface area contributed by atoms with Crippen molar-refractivity contribution in [2.75, 3.05) is 13.7 Å². The molecular weight excluding hydrogens is 402 g/mol. The van der Waals surface area contributed by atoms with E-state index in [-0.39, 0.29) is 5.97 Å². The highest BCUT2D eigenvalue weighted by atomic mass is 127. The standard InChI is InChI=1S/C14H16IN2O3P/c1-3-20-14(18)13-11(9-17(16-13)21-15)8-10-6-4-5-7-12(10)19-2/h4-7,9,21H,3,8H2,1-2H3. The molecule has 0 aliphatic carbocycles. The highest BCUT2D eigenvalue weighted by molar-refractivity contribution is 14.2. The van der Waals surface area contributed by atoms with Crippen LogP contribution in [0.25, 0.3) is 0 Å². The summed E-state index contributed by atoms with van der Waals surface area (Å²) in [5.74, 6) is 0.424. The lowest BCUT2D eigenvalue weighted by molar-refractivity contribution is 0.0518. The van der Waals surface area contributed by atoms with E-state index in [1.54, 1.807) is 18.5 Å². The minimum absolute atomic E-state index is 0.340. The van der Waals surface area contributed by atoms with Gasteiger partial charge in [-0.15, -0.1) is 0 Å². The van der Waals surface area contributed by atoms with E-state index in [2.05, 4.69) is 27.1 Å². The third-order valence-corrected chi connectivity index (χ3v) is 4.80. The third kappa shape index (κ3) is 3.95.